The summed E-state index contributed by atoms with van der Waals surface area (Å²) in [5.74, 6) is 1.16. The zero-order valence-corrected chi connectivity index (χ0v) is 20.7. The SMILES string of the molecule is Cn1cc(-c2cn3nccc3c(N3CCCC(CNC(=O)c4cn(C(C)(C)C)nn4)CC3)n2)cn1. The van der Waals surface area contributed by atoms with E-state index in [2.05, 4.69) is 30.7 Å². The molecule has 35 heavy (non-hydrogen) atoms. The van der Waals surface area contributed by atoms with Crippen LogP contribution in [0.5, 0.6) is 0 Å². The van der Waals surface area contributed by atoms with E-state index in [0.717, 1.165) is 54.9 Å². The summed E-state index contributed by atoms with van der Waals surface area (Å²) in [4.78, 5) is 20.0. The van der Waals surface area contributed by atoms with E-state index >= 15 is 0 Å². The number of amides is 1. The van der Waals surface area contributed by atoms with Crippen LogP contribution < -0.4 is 10.2 Å². The first-order chi connectivity index (χ1) is 16.8. The van der Waals surface area contributed by atoms with Gasteiger partial charge in [0.05, 0.1) is 36.0 Å². The lowest BCUT2D eigenvalue weighted by Crippen LogP contribution is -2.31. The Balaban J connectivity index is 1.26. The van der Waals surface area contributed by atoms with E-state index in [9.17, 15) is 4.79 Å². The summed E-state index contributed by atoms with van der Waals surface area (Å²) in [5, 5.41) is 19.9. The van der Waals surface area contributed by atoms with Gasteiger partial charge in [0, 0.05) is 38.4 Å². The molecule has 5 rings (SSSR count). The fourth-order valence-electron chi connectivity index (χ4n) is 4.44. The molecule has 1 N–H and O–H groups in total. The monoisotopic (exact) mass is 476 g/mol. The minimum Gasteiger partial charge on any atom is -0.355 e. The lowest BCUT2D eigenvalue weighted by molar-refractivity contribution is 0.0941. The molecule has 1 amide bonds. The molecule has 1 fully saturated rings. The molecule has 5 heterocycles. The number of carbonyl (C=O) groups is 1. The van der Waals surface area contributed by atoms with Gasteiger partial charge in [-0.3, -0.25) is 9.48 Å². The Morgan fingerprint density at radius 2 is 2.00 bits per heavy atom. The van der Waals surface area contributed by atoms with Crippen molar-refractivity contribution in [2.24, 2.45) is 13.0 Å². The fourth-order valence-corrected chi connectivity index (χ4v) is 4.44. The number of nitrogens with one attached hydrogen (secondary N) is 1. The minimum atomic E-state index is -0.209. The molecule has 0 aliphatic carbocycles. The third-order valence-electron chi connectivity index (χ3n) is 6.48. The first-order valence-electron chi connectivity index (χ1n) is 12.1. The van der Waals surface area contributed by atoms with Crippen LogP contribution in [0.2, 0.25) is 0 Å². The van der Waals surface area contributed by atoms with E-state index in [0.29, 0.717) is 18.2 Å². The first-order valence-corrected chi connectivity index (χ1v) is 12.1. The topological polar surface area (TPSA) is 111 Å². The molecule has 4 aromatic heterocycles. The minimum absolute atomic E-state index is 0.173. The molecule has 0 radical (unpaired) electrons. The molecule has 1 atom stereocenters. The van der Waals surface area contributed by atoms with Gasteiger partial charge in [0.25, 0.3) is 5.91 Å². The highest BCUT2D eigenvalue weighted by Gasteiger charge is 2.23. The van der Waals surface area contributed by atoms with Crippen LogP contribution in [-0.2, 0) is 12.6 Å². The number of carbonyl (C=O) groups excluding carboxylic acids is 1. The van der Waals surface area contributed by atoms with Gasteiger partial charge in [-0.2, -0.15) is 10.2 Å². The van der Waals surface area contributed by atoms with Gasteiger partial charge in [-0.15, -0.1) is 5.10 Å². The highest BCUT2D eigenvalue weighted by atomic mass is 16.2. The Kier molecular flexibility index (Phi) is 6.00. The van der Waals surface area contributed by atoms with Gasteiger partial charge in [-0.25, -0.2) is 14.2 Å². The van der Waals surface area contributed by atoms with Crippen molar-refractivity contribution >= 4 is 17.2 Å². The largest absolute Gasteiger partial charge is 0.355 e. The van der Waals surface area contributed by atoms with E-state index in [1.807, 2.05) is 57.0 Å². The third-order valence-corrected chi connectivity index (χ3v) is 6.48. The Hall–Kier alpha value is -3.76. The number of fused-ring (bicyclic) bond motifs is 1. The Morgan fingerprint density at radius 3 is 2.74 bits per heavy atom. The zero-order valence-electron chi connectivity index (χ0n) is 20.7. The second kappa shape index (κ2) is 9.12. The van der Waals surface area contributed by atoms with Crippen molar-refractivity contribution in [3.8, 4) is 11.3 Å². The van der Waals surface area contributed by atoms with E-state index in [1.165, 1.54) is 0 Å². The Morgan fingerprint density at radius 1 is 1.14 bits per heavy atom. The number of anilines is 1. The van der Waals surface area contributed by atoms with Crippen LogP contribution in [0.15, 0.2) is 37.1 Å². The molecule has 0 aromatic carbocycles. The quantitative estimate of drug-likeness (QED) is 0.471. The molecule has 0 saturated carbocycles. The van der Waals surface area contributed by atoms with Gasteiger partial charge in [0.2, 0.25) is 0 Å². The van der Waals surface area contributed by atoms with Crippen LogP contribution in [-0.4, -0.2) is 64.9 Å². The highest BCUT2D eigenvalue weighted by Crippen LogP contribution is 2.28. The van der Waals surface area contributed by atoms with Crippen molar-refractivity contribution < 1.29 is 4.79 Å². The maximum atomic E-state index is 12.6. The van der Waals surface area contributed by atoms with Crippen LogP contribution in [0.25, 0.3) is 16.8 Å². The van der Waals surface area contributed by atoms with E-state index in [-0.39, 0.29) is 11.4 Å². The van der Waals surface area contributed by atoms with Crippen LogP contribution in [0.4, 0.5) is 5.82 Å². The lowest BCUT2D eigenvalue weighted by Gasteiger charge is -2.23. The molecule has 11 nitrogen and oxygen atoms in total. The summed E-state index contributed by atoms with van der Waals surface area (Å²) in [6, 6.07) is 2.00. The number of aromatic nitrogens is 8. The summed E-state index contributed by atoms with van der Waals surface area (Å²) >= 11 is 0. The van der Waals surface area contributed by atoms with Crippen LogP contribution in [0, 0.1) is 5.92 Å². The number of hydrogen-bond acceptors (Lipinski definition) is 7. The number of nitrogens with zero attached hydrogens (tertiary/aromatic N) is 9. The van der Waals surface area contributed by atoms with Crippen molar-refractivity contribution in [1.82, 2.24) is 44.7 Å². The van der Waals surface area contributed by atoms with E-state index in [1.54, 1.807) is 21.8 Å². The molecule has 1 aliphatic heterocycles. The number of rotatable bonds is 5. The van der Waals surface area contributed by atoms with Crippen molar-refractivity contribution in [2.75, 3.05) is 24.5 Å². The molecule has 1 aliphatic rings. The van der Waals surface area contributed by atoms with E-state index < -0.39 is 0 Å². The molecule has 184 valence electrons. The summed E-state index contributed by atoms with van der Waals surface area (Å²) in [6.45, 7) is 8.49. The summed E-state index contributed by atoms with van der Waals surface area (Å²) in [5.41, 5.74) is 2.95. The van der Waals surface area contributed by atoms with Gasteiger partial charge >= 0.3 is 0 Å². The van der Waals surface area contributed by atoms with Crippen LogP contribution in [0.1, 0.15) is 50.5 Å². The predicted octanol–water partition coefficient (Wildman–Crippen LogP) is 2.51. The van der Waals surface area contributed by atoms with Crippen LogP contribution >= 0.6 is 0 Å². The van der Waals surface area contributed by atoms with Crippen molar-refractivity contribution in [1.29, 1.82) is 0 Å². The second-order valence-electron chi connectivity index (χ2n) is 10.2. The Labute approximate surface area is 204 Å². The molecule has 0 spiro atoms. The molecule has 0 bridgehead atoms. The maximum absolute atomic E-state index is 12.6. The first kappa shape index (κ1) is 23.0. The molecular weight excluding hydrogens is 444 g/mol. The van der Waals surface area contributed by atoms with Crippen molar-refractivity contribution in [3.63, 3.8) is 0 Å². The number of aryl methyl sites for hydroxylation is 1. The fraction of sp³-hybridized carbons (Fsp3) is 0.500. The standard InChI is InChI=1S/C24H32N10O/c1-24(2,3)34-16-20(29-30-34)23(35)25-12-17-6-5-10-32(11-8-17)22-21-7-9-26-33(21)15-19(28-22)18-13-27-31(4)14-18/h7,9,13-17H,5-6,8,10-12H2,1-4H3,(H,25,35). The highest BCUT2D eigenvalue weighted by molar-refractivity contribution is 5.91. The van der Waals surface area contributed by atoms with Crippen molar-refractivity contribution in [2.45, 2.75) is 45.6 Å². The third kappa shape index (κ3) is 4.89. The predicted molar refractivity (Wildman–Crippen MR) is 132 cm³/mol. The summed E-state index contributed by atoms with van der Waals surface area (Å²) < 4.78 is 5.38. The summed E-state index contributed by atoms with van der Waals surface area (Å²) in [6.07, 6.45) is 12.3. The molecule has 1 unspecified atom stereocenters. The maximum Gasteiger partial charge on any atom is 0.273 e. The molecular formula is C24H32N10O. The van der Waals surface area contributed by atoms with Gasteiger partial charge in [0.15, 0.2) is 11.5 Å². The van der Waals surface area contributed by atoms with Gasteiger partial charge in [-0.1, -0.05) is 5.21 Å². The molecule has 1 saturated heterocycles. The van der Waals surface area contributed by atoms with Crippen LogP contribution in [0.3, 0.4) is 0 Å². The molecule has 11 heteroatoms. The summed E-state index contributed by atoms with van der Waals surface area (Å²) in [7, 11) is 1.90. The number of hydrogen-bond donors (Lipinski definition) is 1. The second-order valence-corrected chi connectivity index (χ2v) is 10.2. The zero-order chi connectivity index (χ0) is 24.6. The van der Waals surface area contributed by atoms with Crippen molar-refractivity contribution in [3.05, 3.63) is 42.7 Å². The van der Waals surface area contributed by atoms with E-state index in [4.69, 9.17) is 4.98 Å². The lowest BCUT2D eigenvalue weighted by atomic mass is 10.0. The van der Waals surface area contributed by atoms with Gasteiger partial charge in [-0.05, 0) is 52.0 Å². The smallest absolute Gasteiger partial charge is 0.273 e. The molecule has 4 aromatic rings. The Bertz CT molecular complexity index is 1330. The average molecular weight is 477 g/mol. The van der Waals surface area contributed by atoms with Gasteiger partial charge in [0.1, 0.15) is 5.52 Å². The van der Waals surface area contributed by atoms with Gasteiger partial charge < -0.3 is 10.2 Å². The normalized spacial score (nSPS) is 17.0. The average Bonchev–Trinajstić information content (AvgIpc) is 3.55.